The summed E-state index contributed by atoms with van der Waals surface area (Å²) in [5, 5.41) is 0. The van der Waals surface area contributed by atoms with Crippen molar-refractivity contribution in [2.45, 2.75) is 65.2 Å². The van der Waals surface area contributed by atoms with E-state index in [1.165, 1.54) is 5.56 Å². The summed E-state index contributed by atoms with van der Waals surface area (Å²) < 4.78 is 0. The van der Waals surface area contributed by atoms with Crippen LogP contribution >= 0.6 is 0 Å². The van der Waals surface area contributed by atoms with Gasteiger partial charge in [-0.2, -0.15) is 0 Å². The smallest absolute Gasteiger partial charge is 0.228 e. The van der Waals surface area contributed by atoms with Crippen LogP contribution in [0, 0.1) is 12.8 Å². The second-order valence-corrected chi connectivity index (χ2v) is 9.51. The van der Waals surface area contributed by atoms with Crippen LogP contribution in [0.25, 0.3) is 0 Å². The third-order valence-corrected chi connectivity index (χ3v) is 6.66. The third kappa shape index (κ3) is 5.00. The summed E-state index contributed by atoms with van der Waals surface area (Å²) in [4.78, 5) is 39.0. The summed E-state index contributed by atoms with van der Waals surface area (Å²) >= 11 is 0. The molecule has 1 fully saturated rings. The van der Waals surface area contributed by atoms with E-state index >= 15 is 0 Å². The van der Waals surface area contributed by atoms with Crippen LogP contribution in [0.15, 0.2) is 30.3 Å². The van der Waals surface area contributed by atoms with Crippen molar-refractivity contribution in [3.63, 3.8) is 0 Å². The monoisotopic (exact) mass is 434 g/mol. The van der Waals surface area contributed by atoms with Crippen LogP contribution in [-0.4, -0.2) is 46.3 Å². The molecule has 0 spiro atoms. The number of aromatic nitrogens is 2. The first-order valence-electron chi connectivity index (χ1n) is 11.9. The molecule has 2 aliphatic heterocycles. The number of amides is 2. The normalized spacial score (nSPS) is 18.4. The largest absolute Gasteiger partial charge is 0.342 e. The molecule has 6 heteroatoms. The number of benzene rings is 1. The zero-order chi connectivity index (χ0) is 22.7. The van der Waals surface area contributed by atoms with E-state index in [1.807, 2.05) is 34.9 Å². The number of hydrogen-bond acceptors (Lipinski definition) is 4. The van der Waals surface area contributed by atoms with Gasteiger partial charge in [0.05, 0.1) is 0 Å². The fraction of sp³-hybridized carbons (Fsp3) is 0.538. The van der Waals surface area contributed by atoms with E-state index in [4.69, 9.17) is 9.97 Å². The van der Waals surface area contributed by atoms with Crippen molar-refractivity contribution < 1.29 is 9.59 Å². The predicted octanol–water partition coefficient (Wildman–Crippen LogP) is 4.06. The second kappa shape index (κ2) is 9.80. The van der Waals surface area contributed by atoms with Gasteiger partial charge in [0.25, 0.3) is 0 Å². The van der Waals surface area contributed by atoms with Gasteiger partial charge in [-0.05, 0) is 44.1 Å². The minimum Gasteiger partial charge on any atom is -0.342 e. The van der Waals surface area contributed by atoms with E-state index in [2.05, 4.69) is 26.0 Å². The summed E-state index contributed by atoms with van der Waals surface area (Å²) in [7, 11) is 0. The maximum atomic E-state index is 12.8. The Balaban J connectivity index is 1.45. The maximum absolute atomic E-state index is 12.8. The quantitative estimate of drug-likeness (QED) is 0.659. The Hall–Kier alpha value is -2.76. The lowest BCUT2D eigenvalue weighted by Crippen LogP contribution is -2.38. The van der Waals surface area contributed by atoms with E-state index in [-0.39, 0.29) is 17.7 Å². The molecule has 32 heavy (non-hydrogen) atoms. The molecule has 2 aromatic rings. The number of nitrogens with zero attached hydrogens (tertiary/aromatic N) is 4. The van der Waals surface area contributed by atoms with Gasteiger partial charge in [0.1, 0.15) is 11.6 Å². The van der Waals surface area contributed by atoms with Gasteiger partial charge < -0.3 is 4.90 Å². The zero-order valence-electron chi connectivity index (χ0n) is 19.5. The van der Waals surface area contributed by atoms with Crippen molar-refractivity contribution in [2.24, 2.45) is 5.92 Å². The SMILES string of the molecule is Cc1nc(C2CCN(C(=O)CCc3ccccc3)C2)nc2c1CCC(=O)N2CCC(C)C. The van der Waals surface area contributed by atoms with Crippen LogP contribution in [0.5, 0.6) is 0 Å². The number of rotatable bonds is 7. The molecule has 0 aliphatic carbocycles. The molecule has 2 aliphatic rings. The van der Waals surface area contributed by atoms with Gasteiger partial charge >= 0.3 is 0 Å². The van der Waals surface area contributed by atoms with Gasteiger partial charge in [-0.15, -0.1) is 0 Å². The first kappa shape index (κ1) is 22.4. The molecule has 1 aromatic heterocycles. The number of aryl methyl sites for hydroxylation is 2. The molecule has 2 amide bonds. The van der Waals surface area contributed by atoms with Gasteiger partial charge in [0, 0.05) is 49.7 Å². The van der Waals surface area contributed by atoms with Crippen LogP contribution in [0.3, 0.4) is 0 Å². The van der Waals surface area contributed by atoms with E-state index in [9.17, 15) is 9.59 Å². The molecule has 1 saturated heterocycles. The zero-order valence-corrected chi connectivity index (χ0v) is 19.5. The Bertz CT molecular complexity index is 973. The van der Waals surface area contributed by atoms with Crippen LogP contribution in [-0.2, 0) is 22.4 Å². The third-order valence-electron chi connectivity index (χ3n) is 6.66. The second-order valence-electron chi connectivity index (χ2n) is 9.51. The van der Waals surface area contributed by atoms with Crippen molar-refractivity contribution in [3.8, 4) is 0 Å². The molecule has 1 atom stereocenters. The van der Waals surface area contributed by atoms with Crippen LogP contribution in [0.4, 0.5) is 5.82 Å². The summed E-state index contributed by atoms with van der Waals surface area (Å²) in [6, 6.07) is 10.1. The van der Waals surface area contributed by atoms with Crippen molar-refractivity contribution in [1.82, 2.24) is 14.9 Å². The predicted molar refractivity (Wildman–Crippen MR) is 126 cm³/mol. The van der Waals surface area contributed by atoms with E-state index in [1.54, 1.807) is 0 Å². The molecule has 0 bridgehead atoms. The van der Waals surface area contributed by atoms with Gasteiger partial charge in [0.2, 0.25) is 11.8 Å². The Kier molecular flexibility index (Phi) is 6.87. The highest BCUT2D eigenvalue weighted by molar-refractivity contribution is 5.95. The van der Waals surface area contributed by atoms with Crippen LogP contribution in [0.2, 0.25) is 0 Å². The van der Waals surface area contributed by atoms with Gasteiger partial charge in [-0.3, -0.25) is 14.5 Å². The number of carbonyl (C=O) groups excluding carboxylic acids is 2. The lowest BCUT2D eigenvalue weighted by molar-refractivity contribution is -0.130. The maximum Gasteiger partial charge on any atom is 0.228 e. The molecule has 170 valence electrons. The van der Waals surface area contributed by atoms with Gasteiger partial charge in [0.15, 0.2) is 0 Å². The van der Waals surface area contributed by atoms with Crippen LogP contribution in [0.1, 0.15) is 68.1 Å². The Morgan fingerprint density at radius 1 is 1.16 bits per heavy atom. The fourth-order valence-corrected chi connectivity index (χ4v) is 4.66. The van der Waals surface area contributed by atoms with Crippen molar-refractivity contribution >= 4 is 17.6 Å². The Labute approximate surface area is 191 Å². The molecule has 1 unspecified atom stereocenters. The Morgan fingerprint density at radius 3 is 2.69 bits per heavy atom. The summed E-state index contributed by atoms with van der Waals surface area (Å²) in [6.45, 7) is 8.48. The fourth-order valence-electron chi connectivity index (χ4n) is 4.66. The average Bonchev–Trinajstić information content (AvgIpc) is 3.27. The number of fused-ring (bicyclic) bond motifs is 1. The van der Waals surface area contributed by atoms with Crippen molar-refractivity contribution in [2.75, 3.05) is 24.5 Å². The first-order valence-corrected chi connectivity index (χ1v) is 11.9. The lowest BCUT2D eigenvalue weighted by atomic mass is 10.0. The van der Waals surface area contributed by atoms with E-state index in [0.29, 0.717) is 38.3 Å². The van der Waals surface area contributed by atoms with Crippen molar-refractivity contribution in [1.29, 1.82) is 0 Å². The highest BCUT2D eigenvalue weighted by Crippen LogP contribution is 2.32. The minimum absolute atomic E-state index is 0.128. The first-order chi connectivity index (χ1) is 15.4. The molecule has 3 heterocycles. The number of hydrogen-bond donors (Lipinski definition) is 0. The topological polar surface area (TPSA) is 66.4 Å². The van der Waals surface area contributed by atoms with Crippen LogP contribution < -0.4 is 4.90 Å². The van der Waals surface area contributed by atoms with E-state index < -0.39 is 0 Å². The number of carbonyl (C=O) groups is 2. The van der Waals surface area contributed by atoms with E-state index in [0.717, 1.165) is 48.7 Å². The molecule has 0 radical (unpaired) electrons. The molecular formula is C26H34N4O2. The summed E-state index contributed by atoms with van der Waals surface area (Å²) in [5.74, 6) is 2.60. The van der Waals surface area contributed by atoms with Gasteiger partial charge in [-0.25, -0.2) is 9.97 Å². The number of anilines is 1. The summed E-state index contributed by atoms with van der Waals surface area (Å²) in [5.41, 5.74) is 3.27. The summed E-state index contributed by atoms with van der Waals surface area (Å²) in [6.07, 6.45) is 4.36. The molecule has 4 rings (SSSR count). The van der Waals surface area contributed by atoms with Gasteiger partial charge in [-0.1, -0.05) is 44.2 Å². The molecular weight excluding hydrogens is 400 g/mol. The average molecular weight is 435 g/mol. The van der Waals surface area contributed by atoms with Crippen molar-refractivity contribution in [3.05, 3.63) is 53.0 Å². The highest BCUT2D eigenvalue weighted by atomic mass is 16.2. The highest BCUT2D eigenvalue weighted by Gasteiger charge is 2.33. The number of likely N-dealkylation sites (tertiary alicyclic amines) is 1. The lowest BCUT2D eigenvalue weighted by Gasteiger charge is -2.30. The molecule has 6 nitrogen and oxygen atoms in total. The molecule has 1 aromatic carbocycles. The standard InChI is InChI=1S/C26H34N4O2/c1-18(2)13-16-30-24(32)12-10-22-19(3)27-25(28-26(22)30)21-14-15-29(17-21)23(31)11-9-20-7-5-4-6-8-20/h4-8,18,21H,9-17H2,1-3H3. The Morgan fingerprint density at radius 2 is 1.94 bits per heavy atom. The molecule has 0 N–H and O–H groups in total. The minimum atomic E-state index is 0.128. The molecule has 0 saturated carbocycles.